The molecule has 0 aromatic heterocycles. The maximum atomic E-state index is 13.5. The maximum Gasteiger partial charge on any atom is 0.317 e. The normalized spacial score (nSPS) is 26.4. The fraction of sp³-hybridized carbons (Fsp3) is 0.870. The highest BCUT2D eigenvalue weighted by atomic mass is 19.3. The molecule has 2 aliphatic carbocycles. The van der Waals surface area contributed by atoms with Gasteiger partial charge in [0.1, 0.15) is 0 Å². The van der Waals surface area contributed by atoms with Gasteiger partial charge < -0.3 is 20.2 Å². The molecule has 9 heteroatoms. The summed E-state index contributed by atoms with van der Waals surface area (Å²) < 4.78 is 27.0. The summed E-state index contributed by atoms with van der Waals surface area (Å²) in [6.07, 6.45) is 0.406. The first-order valence-electron chi connectivity index (χ1n) is 11.6. The Bertz CT molecular complexity index is 647. The second-order valence-electron chi connectivity index (χ2n) is 10.2. The van der Waals surface area contributed by atoms with Gasteiger partial charge in [0.15, 0.2) is 0 Å². The number of fused-ring (bicyclic) bond motifs is 1. The molecule has 2 N–H and O–H groups in total. The molecule has 3 amide bonds. The number of likely N-dealkylation sites (tertiary alicyclic amines) is 2. The van der Waals surface area contributed by atoms with Gasteiger partial charge >= 0.3 is 6.03 Å². The predicted molar refractivity (Wildman–Crippen MR) is 119 cm³/mol. The molecule has 7 nitrogen and oxygen atoms in total. The summed E-state index contributed by atoms with van der Waals surface area (Å²) in [5, 5.41) is 9.46. The number of nitrogens with zero attached hydrogens (tertiary/aromatic N) is 2. The zero-order valence-corrected chi connectivity index (χ0v) is 20.6. The lowest BCUT2D eigenvalue weighted by molar-refractivity contribution is -0.248. The Morgan fingerprint density at radius 2 is 1.50 bits per heavy atom. The van der Waals surface area contributed by atoms with E-state index in [1.807, 2.05) is 13.8 Å². The molecule has 1 spiro atoms. The number of hydrogen-bond donors (Lipinski definition) is 2. The van der Waals surface area contributed by atoms with Gasteiger partial charge in [-0.05, 0) is 29.6 Å². The van der Waals surface area contributed by atoms with Crippen LogP contribution in [0.3, 0.4) is 0 Å². The van der Waals surface area contributed by atoms with Crippen LogP contribution in [0.4, 0.5) is 13.6 Å². The quantitative estimate of drug-likeness (QED) is 0.610. The smallest absolute Gasteiger partial charge is 0.317 e. The second kappa shape index (κ2) is 10.8. The number of amides is 3. The van der Waals surface area contributed by atoms with E-state index in [4.69, 9.17) is 9.90 Å². The molecule has 2 heterocycles. The molecule has 2 aliphatic heterocycles. The first kappa shape index (κ1) is 28.1. The number of carbonyl (C=O) groups excluding carboxylic acids is 2. The van der Waals surface area contributed by atoms with Crippen molar-refractivity contribution in [3.8, 4) is 0 Å². The topological polar surface area (TPSA) is 90.0 Å². The van der Waals surface area contributed by atoms with Gasteiger partial charge in [0.05, 0.1) is 12.0 Å². The Morgan fingerprint density at radius 1 is 1.06 bits per heavy atom. The first-order chi connectivity index (χ1) is 14.8. The molecular weight excluding hydrogens is 420 g/mol. The molecule has 186 valence electrons. The lowest BCUT2D eigenvalue weighted by atomic mass is 9.60. The van der Waals surface area contributed by atoms with Gasteiger partial charge in [-0.15, -0.1) is 0 Å². The van der Waals surface area contributed by atoms with E-state index in [-0.39, 0.29) is 38.4 Å². The average Bonchev–Trinajstić information content (AvgIpc) is 3.00. The van der Waals surface area contributed by atoms with Gasteiger partial charge in [0.2, 0.25) is 5.91 Å². The molecule has 2 saturated heterocycles. The van der Waals surface area contributed by atoms with Crippen LogP contribution in [0.2, 0.25) is 0 Å². The van der Waals surface area contributed by atoms with E-state index in [0.717, 1.165) is 19.0 Å². The lowest BCUT2D eigenvalue weighted by Crippen LogP contribution is -2.72. The SMILES string of the molecule is CC.CC(C)C.CC1(C)C2CN(C(=O)CNC(=O)N3CC4(CCC4(F)F)C3)CC21.O=CO. The molecule has 32 heavy (non-hydrogen) atoms. The van der Waals surface area contributed by atoms with E-state index in [9.17, 15) is 18.4 Å². The van der Waals surface area contributed by atoms with Gasteiger partial charge in [0.25, 0.3) is 12.4 Å². The minimum absolute atomic E-state index is 0.0431. The molecule has 4 rings (SSSR count). The van der Waals surface area contributed by atoms with Gasteiger partial charge in [-0.2, -0.15) is 0 Å². The van der Waals surface area contributed by atoms with Crippen molar-refractivity contribution >= 4 is 18.4 Å². The number of hydrogen-bond acceptors (Lipinski definition) is 3. The Balaban J connectivity index is 0.000000496. The standard InChI is InChI=1S/C16H23F2N3O2.C4H10.C2H6.CH2O2/c1-14(2)10-6-20(7-11(10)14)12(22)5-19-13(23)21-8-15(9-21)3-4-16(15,17)18;1-4(2)3;1-2;2-1-3/h10-11H,3-9H2,1-2H3,(H,19,23);4H,1-3H3;1-2H3;1H,(H,2,3). The number of carboxylic acid groups (broad SMARTS) is 1. The number of urea groups is 1. The summed E-state index contributed by atoms with van der Waals surface area (Å²) in [5.41, 5.74) is -0.643. The van der Waals surface area contributed by atoms with Crippen molar-refractivity contribution in [1.82, 2.24) is 15.1 Å². The molecule has 2 saturated carbocycles. The first-order valence-corrected chi connectivity index (χ1v) is 11.6. The van der Waals surface area contributed by atoms with Crippen LogP contribution in [-0.2, 0) is 9.59 Å². The summed E-state index contributed by atoms with van der Waals surface area (Å²) in [5.74, 6) is -0.717. The molecule has 0 radical (unpaired) electrons. The highest BCUT2D eigenvalue weighted by Gasteiger charge is 2.67. The Morgan fingerprint density at radius 3 is 1.84 bits per heavy atom. The van der Waals surface area contributed by atoms with Crippen molar-refractivity contribution in [2.24, 2.45) is 28.6 Å². The number of nitrogens with one attached hydrogen (secondary N) is 1. The highest BCUT2D eigenvalue weighted by Crippen LogP contribution is 2.62. The van der Waals surface area contributed by atoms with E-state index in [1.54, 1.807) is 4.90 Å². The van der Waals surface area contributed by atoms with E-state index in [1.165, 1.54) is 4.90 Å². The maximum absolute atomic E-state index is 13.5. The molecule has 0 aromatic rings. The summed E-state index contributed by atoms with van der Waals surface area (Å²) in [6.45, 7) is 16.4. The van der Waals surface area contributed by atoms with E-state index < -0.39 is 17.4 Å². The fourth-order valence-corrected chi connectivity index (χ4v) is 4.60. The average molecular weight is 462 g/mol. The number of piperidine rings is 1. The number of carbonyl (C=O) groups is 3. The van der Waals surface area contributed by atoms with Crippen molar-refractivity contribution in [2.75, 3.05) is 32.7 Å². The number of halogens is 2. The number of rotatable bonds is 2. The Labute approximate surface area is 190 Å². The van der Waals surface area contributed by atoms with Crippen LogP contribution in [0.5, 0.6) is 0 Å². The van der Waals surface area contributed by atoms with Crippen molar-refractivity contribution < 1.29 is 28.3 Å². The highest BCUT2D eigenvalue weighted by molar-refractivity contribution is 5.84. The monoisotopic (exact) mass is 461 g/mol. The fourth-order valence-electron chi connectivity index (χ4n) is 4.60. The minimum Gasteiger partial charge on any atom is -0.483 e. The molecule has 2 unspecified atom stereocenters. The van der Waals surface area contributed by atoms with Crippen molar-refractivity contribution in [3.63, 3.8) is 0 Å². The molecule has 0 aromatic carbocycles. The molecular formula is C23H41F2N3O4. The molecule has 4 aliphatic rings. The van der Waals surface area contributed by atoms with Crippen LogP contribution in [0.15, 0.2) is 0 Å². The molecule has 2 atom stereocenters. The zero-order chi connectivity index (χ0) is 24.9. The lowest BCUT2D eigenvalue weighted by Gasteiger charge is -2.59. The Kier molecular flexibility index (Phi) is 9.48. The van der Waals surface area contributed by atoms with Crippen molar-refractivity contribution in [1.29, 1.82) is 0 Å². The molecule has 4 fully saturated rings. The minimum atomic E-state index is -2.64. The van der Waals surface area contributed by atoms with E-state index in [0.29, 0.717) is 23.7 Å². The van der Waals surface area contributed by atoms with Gasteiger partial charge in [-0.25, -0.2) is 13.6 Å². The second-order valence-corrected chi connectivity index (χ2v) is 10.2. The Hall–Kier alpha value is -1.93. The van der Waals surface area contributed by atoms with Crippen LogP contribution in [0.25, 0.3) is 0 Å². The third kappa shape index (κ3) is 5.90. The van der Waals surface area contributed by atoms with Crippen molar-refractivity contribution in [3.05, 3.63) is 0 Å². The third-order valence-electron chi connectivity index (χ3n) is 6.83. The van der Waals surface area contributed by atoms with Gasteiger partial charge in [-0.3, -0.25) is 9.59 Å². The summed E-state index contributed by atoms with van der Waals surface area (Å²) in [4.78, 5) is 35.6. The number of alkyl halides is 2. The zero-order valence-electron chi connectivity index (χ0n) is 20.6. The van der Waals surface area contributed by atoms with Crippen LogP contribution in [-0.4, -0.2) is 72.0 Å². The van der Waals surface area contributed by atoms with E-state index >= 15 is 0 Å². The van der Waals surface area contributed by atoms with E-state index in [2.05, 4.69) is 39.9 Å². The summed E-state index contributed by atoms with van der Waals surface area (Å²) in [7, 11) is 0. The summed E-state index contributed by atoms with van der Waals surface area (Å²) in [6, 6.07) is -0.406. The van der Waals surface area contributed by atoms with Crippen LogP contribution < -0.4 is 5.32 Å². The predicted octanol–water partition coefficient (Wildman–Crippen LogP) is 3.93. The van der Waals surface area contributed by atoms with Gasteiger partial charge in [-0.1, -0.05) is 48.5 Å². The van der Waals surface area contributed by atoms with Crippen LogP contribution in [0.1, 0.15) is 61.3 Å². The third-order valence-corrected chi connectivity index (χ3v) is 6.83. The largest absolute Gasteiger partial charge is 0.483 e. The molecule has 0 bridgehead atoms. The summed E-state index contributed by atoms with van der Waals surface area (Å²) >= 11 is 0. The van der Waals surface area contributed by atoms with Crippen LogP contribution in [0, 0.1) is 28.6 Å². The van der Waals surface area contributed by atoms with Crippen molar-refractivity contribution in [2.45, 2.75) is 67.2 Å². The van der Waals surface area contributed by atoms with Gasteiger partial charge in [0, 0.05) is 32.6 Å². The van der Waals surface area contributed by atoms with Crippen LogP contribution >= 0.6 is 0 Å².